The zero-order valence-corrected chi connectivity index (χ0v) is 15.8. The van der Waals surface area contributed by atoms with Crippen LogP contribution in [0.2, 0.25) is 10.2 Å². The van der Waals surface area contributed by atoms with Crippen molar-refractivity contribution < 1.29 is 4.79 Å². The van der Waals surface area contributed by atoms with E-state index in [9.17, 15) is 14.4 Å². The van der Waals surface area contributed by atoms with E-state index in [0.29, 0.717) is 0 Å². The number of nitrogens with zero attached hydrogens (tertiary/aromatic N) is 5. The van der Waals surface area contributed by atoms with Crippen molar-refractivity contribution in [3.63, 3.8) is 0 Å². The molecule has 0 aliphatic heterocycles. The number of carbonyl (C=O) groups excluding carboxylic acids is 1. The summed E-state index contributed by atoms with van der Waals surface area (Å²) in [6.07, 6.45) is 5.27. The first-order valence-corrected chi connectivity index (χ1v) is 8.75. The Labute approximate surface area is 171 Å². The first-order valence-electron chi connectivity index (χ1n) is 7.99. The van der Waals surface area contributed by atoms with Crippen LogP contribution in [0.3, 0.4) is 0 Å². The number of aromatic amines is 1. The highest BCUT2D eigenvalue weighted by Gasteiger charge is 2.17. The minimum atomic E-state index is -0.793. The van der Waals surface area contributed by atoms with Gasteiger partial charge in [-0.3, -0.25) is 19.6 Å². The van der Waals surface area contributed by atoms with Crippen LogP contribution in [0.5, 0.6) is 0 Å². The van der Waals surface area contributed by atoms with Crippen molar-refractivity contribution in [3.05, 3.63) is 79.7 Å². The summed E-state index contributed by atoms with van der Waals surface area (Å²) in [6.45, 7) is 0. The van der Waals surface area contributed by atoms with Gasteiger partial charge >= 0.3 is 5.69 Å². The van der Waals surface area contributed by atoms with Crippen LogP contribution in [0.1, 0.15) is 10.5 Å². The number of aromatic nitrogens is 6. The topological polar surface area (TPSA) is 136 Å². The van der Waals surface area contributed by atoms with Crippen LogP contribution in [-0.4, -0.2) is 35.4 Å². The molecule has 0 atom stereocenters. The standard InChI is InChI=1S/C17H9Cl2N7O3/c18-11-7-22-13-14(24-11)25-17(29)26(16(13)28)10-3-1-2-8(12(10)19)23-15(27)9-6-20-4-5-21-9/h1-7H,(H,23,27)(H,24,25,29). The van der Waals surface area contributed by atoms with Gasteiger partial charge in [-0.25, -0.2) is 24.3 Å². The molecule has 0 saturated heterocycles. The number of halogens is 2. The minimum Gasteiger partial charge on any atom is -0.319 e. The van der Waals surface area contributed by atoms with E-state index >= 15 is 0 Å². The van der Waals surface area contributed by atoms with Gasteiger partial charge in [0.15, 0.2) is 11.2 Å². The quantitative estimate of drug-likeness (QED) is 0.506. The number of nitrogens with one attached hydrogen (secondary N) is 2. The van der Waals surface area contributed by atoms with Gasteiger partial charge in [-0.15, -0.1) is 0 Å². The van der Waals surface area contributed by atoms with Gasteiger partial charge in [-0.1, -0.05) is 29.3 Å². The molecule has 12 heteroatoms. The summed E-state index contributed by atoms with van der Waals surface area (Å²) < 4.78 is 0.797. The van der Waals surface area contributed by atoms with Crippen molar-refractivity contribution in [2.45, 2.75) is 0 Å². The van der Waals surface area contributed by atoms with Crippen LogP contribution in [0.4, 0.5) is 5.69 Å². The molecule has 0 unspecified atom stereocenters. The van der Waals surface area contributed by atoms with Crippen molar-refractivity contribution in [3.8, 4) is 5.69 Å². The Morgan fingerprint density at radius 1 is 1.10 bits per heavy atom. The Morgan fingerprint density at radius 3 is 2.69 bits per heavy atom. The number of hydrogen-bond acceptors (Lipinski definition) is 7. The molecule has 3 aromatic heterocycles. The van der Waals surface area contributed by atoms with Gasteiger partial charge in [-0.2, -0.15) is 0 Å². The normalized spacial score (nSPS) is 10.8. The van der Waals surface area contributed by atoms with Gasteiger partial charge in [0.05, 0.1) is 28.8 Å². The van der Waals surface area contributed by atoms with Gasteiger partial charge in [0.2, 0.25) is 0 Å². The Morgan fingerprint density at radius 2 is 1.93 bits per heavy atom. The zero-order valence-electron chi connectivity index (χ0n) is 14.3. The lowest BCUT2D eigenvalue weighted by Crippen LogP contribution is -2.34. The van der Waals surface area contributed by atoms with Crippen molar-refractivity contribution in [2.75, 3.05) is 5.32 Å². The monoisotopic (exact) mass is 429 g/mol. The lowest BCUT2D eigenvalue weighted by molar-refractivity contribution is 0.102. The highest BCUT2D eigenvalue weighted by atomic mass is 35.5. The molecule has 0 aliphatic rings. The molecular weight excluding hydrogens is 421 g/mol. The van der Waals surface area contributed by atoms with E-state index in [2.05, 4.69) is 30.2 Å². The molecule has 10 nitrogen and oxygen atoms in total. The van der Waals surface area contributed by atoms with Gasteiger partial charge in [-0.05, 0) is 12.1 Å². The second kappa shape index (κ2) is 7.41. The fourth-order valence-corrected chi connectivity index (χ4v) is 2.97. The zero-order chi connectivity index (χ0) is 20.5. The molecular formula is C17H9Cl2N7O3. The predicted molar refractivity (Wildman–Crippen MR) is 106 cm³/mol. The number of amides is 1. The fourth-order valence-electron chi connectivity index (χ4n) is 2.58. The third kappa shape index (κ3) is 3.46. The lowest BCUT2D eigenvalue weighted by Gasteiger charge is -2.12. The lowest BCUT2D eigenvalue weighted by atomic mass is 10.2. The number of hydrogen-bond donors (Lipinski definition) is 2. The van der Waals surface area contributed by atoms with E-state index in [1.54, 1.807) is 0 Å². The highest BCUT2D eigenvalue weighted by molar-refractivity contribution is 6.35. The summed E-state index contributed by atoms with van der Waals surface area (Å²) in [5.41, 5.74) is -1.39. The number of anilines is 1. The first kappa shape index (κ1) is 18.7. The molecule has 1 aromatic carbocycles. The molecule has 1 amide bonds. The second-order valence-corrected chi connectivity index (χ2v) is 6.41. The molecule has 0 fully saturated rings. The summed E-state index contributed by atoms with van der Waals surface area (Å²) in [5.74, 6) is -0.558. The summed E-state index contributed by atoms with van der Waals surface area (Å²) in [4.78, 5) is 55.6. The number of H-pyrrole nitrogens is 1. The molecule has 2 N–H and O–H groups in total. The maximum absolute atomic E-state index is 12.8. The van der Waals surface area contributed by atoms with Crippen molar-refractivity contribution in [2.24, 2.45) is 0 Å². The van der Waals surface area contributed by atoms with Gasteiger partial charge in [0.1, 0.15) is 10.8 Å². The molecule has 29 heavy (non-hydrogen) atoms. The second-order valence-electron chi connectivity index (χ2n) is 5.64. The van der Waals surface area contributed by atoms with E-state index in [1.165, 1.54) is 43.0 Å². The van der Waals surface area contributed by atoms with Gasteiger partial charge in [0, 0.05) is 12.4 Å². The van der Waals surface area contributed by atoms with E-state index in [1.807, 2.05) is 0 Å². The highest BCUT2D eigenvalue weighted by Crippen LogP contribution is 2.28. The van der Waals surface area contributed by atoms with Crippen LogP contribution >= 0.6 is 23.2 Å². The van der Waals surface area contributed by atoms with Crippen LogP contribution < -0.4 is 16.6 Å². The summed E-state index contributed by atoms with van der Waals surface area (Å²) in [6, 6.07) is 4.49. The summed E-state index contributed by atoms with van der Waals surface area (Å²) in [7, 11) is 0. The summed E-state index contributed by atoms with van der Waals surface area (Å²) >= 11 is 12.1. The van der Waals surface area contributed by atoms with Crippen LogP contribution in [-0.2, 0) is 0 Å². The van der Waals surface area contributed by atoms with Gasteiger partial charge in [0.25, 0.3) is 11.5 Å². The van der Waals surface area contributed by atoms with E-state index in [-0.39, 0.29) is 38.4 Å². The largest absolute Gasteiger partial charge is 0.334 e. The van der Waals surface area contributed by atoms with Crippen LogP contribution in [0.25, 0.3) is 16.9 Å². The molecule has 144 valence electrons. The number of rotatable bonds is 3. The van der Waals surface area contributed by atoms with E-state index in [0.717, 1.165) is 4.57 Å². The average Bonchev–Trinajstić information content (AvgIpc) is 2.71. The van der Waals surface area contributed by atoms with Crippen molar-refractivity contribution >= 4 is 46.0 Å². The third-order valence-corrected chi connectivity index (χ3v) is 4.42. The maximum Gasteiger partial charge on any atom is 0.334 e. The average molecular weight is 430 g/mol. The molecule has 4 rings (SSSR count). The molecule has 0 spiro atoms. The number of carbonyl (C=O) groups is 1. The number of fused-ring (bicyclic) bond motifs is 1. The smallest absolute Gasteiger partial charge is 0.319 e. The predicted octanol–water partition coefficient (Wildman–Crippen LogP) is 1.82. The molecule has 0 saturated carbocycles. The Hall–Kier alpha value is -3.63. The molecule has 0 radical (unpaired) electrons. The van der Waals surface area contributed by atoms with Crippen LogP contribution in [0, 0.1) is 0 Å². The molecule has 0 aliphatic carbocycles. The Balaban J connectivity index is 1.82. The Kier molecular flexibility index (Phi) is 4.79. The van der Waals surface area contributed by atoms with E-state index < -0.39 is 17.2 Å². The minimum absolute atomic E-state index is 0.0250. The first-order chi connectivity index (χ1) is 14.0. The van der Waals surface area contributed by atoms with E-state index in [4.69, 9.17) is 23.2 Å². The van der Waals surface area contributed by atoms with Crippen LogP contribution in [0.15, 0.2) is 52.6 Å². The Bertz CT molecular complexity index is 1370. The maximum atomic E-state index is 12.8. The SMILES string of the molecule is O=C(Nc1cccc(-n2c(=O)[nH]c3nc(Cl)cnc3c2=O)c1Cl)c1cnccn1. The van der Waals surface area contributed by atoms with Crippen molar-refractivity contribution in [1.82, 2.24) is 29.5 Å². The number of benzene rings is 1. The summed E-state index contributed by atoms with van der Waals surface area (Å²) in [5, 5.41) is 2.57. The molecule has 3 heterocycles. The van der Waals surface area contributed by atoms with Crippen molar-refractivity contribution in [1.29, 1.82) is 0 Å². The molecule has 4 aromatic rings. The third-order valence-electron chi connectivity index (χ3n) is 3.84. The van der Waals surface area contributed by atoms with Gasteiger partial charge < -0.3 is 5.32 Å². The fraction of sp³-hybridized carbons (Fsp3) is 0. The molecule has 0 bridgehead atoms.